The van der Waals surface area contributed by atoms with Gasteiger partial charge < -0.3 is 4.57 Å². The molecule has 216 valence electrons. The van der Waals surface area contributed by atoms with E-state index in [0.29, 0.717) is 23.0 Å². The lowest BCUT2D eigenvalue weighted by molar-refractivity contribution is 1.07. The van der Waals surface area contributed by atoms with Gasteiger partial charge in [0.2, 0.25) is 0 Å². The zero-order valence-electron chi connectivity index (χ0n) is 25.1. The highest BCUT2D eigenvalue weighted by molar-refractivity contribution is 6.10. The Labute approximate surface area is 266 Å². The van der Waals surface area contributed by atoms with Gasteiger partial charge in [0.05, 0.1) is 28.4 Å². The molecular formula is C41H27N5. The first-order valence-corrected chi connectivity index (χ1v) is 15.2. The van der Waals surface area contributed by atoms with Crippen molar-refractivity contribution < 1.29 is 0 Å². The molecule has 0 amide bonds. The Morgan fingerprint density at radius 2 is 1.07 bits per heavy atom. The molecule has 0 radical (unpaired) electrons. The SMILES string of the molecule is Cc1ccc2c3ccccc3n(-c3cc(-c4nc(-c5ccccc5)nc(-c5ccccc5)n4)ccc3-c3ccc(C#N)cc3)c2c1. The highest BCUT2D eigenvalue weighted by atomic mass is 15.0. The number of aromatic nitrogens is 4. The van der Waals surface area contributed by atoms with Crippen LogP contribution in [0.3, 0.4) is 0 Å². The van der Waals surface area contributed by atoms with E-state index in [1.165, 1.54) is 16.3 Å². The van der Waals surface area contributed by atoms with Crippen molar-refractivity contribution in [3.63, 3.8) is 0 Å². The Bertz CT molecular complexity index is 2360. The maximum absolute atomic E-state index is 9.47. The molecule has 0 aliphatic heterocycles. The average Bonchev–Trinajstić information content (AvgIpc) is 3.45. The van der Waals surface area contributed by atoms with Crippen molar-refractivity contribution >= 4 is 21.8 Å². The minimum Gasteiger partial charge on any atom is -0.309 e. The summed E-state index contributed by atoms with van der Waals surface area (Å²) in [5, 5.41) is 11.8. The van der Waals surface area contributed by atoms with Gasteiger partial charge in [-0.25, -0.2) is 15.0 Å². The molecule has 8 aromatic rings. The molecule has 0 aliphatic rings. The van der Waals surface area contributed by atoms with E-state index in [2.05, 4.69) is 78.2 Å². The third-order valence-electron chi connectivity index (χ3n) is 8.35. The van der Waals surface area contributed by atoms with E-state index in [0.717, 1.165) is 44.5 Å². The fourth-order valence-corrected chi connectivity index (χ4v) is 6.10. The van der Waals surface area contributed by atoms with Gasteiger partial charge in [0.1, 0.15) is 0 Å². The second kappa shape index (κ2) is 11.3. The summed E-state index contributed by atoms with van der Waals surface area (Å²) in [4.78, 5) is 14.9. The molecule has 46 heavy (non-hydrogen) atoms. The van der Waals surface area contributed by atoms with Crippen molar-refractivity contribution in [2.24, 2.45) is 0 Å². The highest BCUT2D eigenvalue weighted by Crippen LogP contribution is 2.38. The molecule has 8 rings (SSSR count). The Morgan fingerprint density at radius 3 is 1.72 bits per heavy atom. The maximum atomic E-state index is 9.47. The molecule has 0 saturated heterocycles. The molecule has 0 bridgehead atoms. The van der Waals surface area contributed by atoms with Gasteiger partial charge in [-0.15, -0.1) is 0 Å². The number of hydrogen-bond donors (Lipinski definition) is 0. The van der Waals surface area contributed by atoms with Crippen LogP contribution in [0.2, 0.25) is 0 Å². The number of nitrogens with zero attached hydrogens (tertiary/aromatic N) is 5. The van der Waals surface area contributed by atoms with Crippen LogP contribution in [0.15, 0.2) is 146 Å². The highest BCUT2D eigenvalue weighted by Gasteiger charge is 2.19. The monoisotopic (exact) mass is 589 g/mol. The van der Waals surface area contributed by atoms with Crippen LogP contribution in [0.4, 0.5) is 0 Å². The van der Waals surface area contributed by atoms with Crippen molar-refractivity contribution in [3.8, 4) is 57.0 Å². The Hall–Kier alpha value is -6.38. The molecule has 6 aromatic carbocycles. The predicted molar refractivity (Wildman–Crippen MR) is 185 cm³/mol. The van der Waals surface area contributed by atoms with E-state index in [1.54, 1.807) is 0 Å². The van der Waals surface area contributed by atoms with Crippen LogP contribution in [0.1, 0.15) is 11.1 Å². The molecule has 0 fully saturated rings. The molecule has 2 heterocycles. The molecule has 0 N–H and O–H groups in total. The van der Waals surface area contributed by atoms with Crippen molar-refractivity contribution in [2.75, 3.05) is 0 Å². The summed E-state index contributed by atoms with van der Waals surface area (Å²) in [6.07, 6.45) is 0. The van der Waals surface area contributed by atoms with Crippen LogP contribution in [-0.2, 0) is 0 Å². The van der Waals surface area contributed by atoms with Crippen molar-refractivity contribution in [3.05, 3.63) is 157 Å². The minimum absolute atomic E-state index is 0.595. The third-order valence-corrected chi connectivity index (χ3v) is 8.35. The van der Waals surface area contributed by atoms with E-state index in [4.69, 9.17) is 15.0 Å². The van der Waals surface area contributed by atoms with Crippen LogP contribution in [0.5, 0.6) is 0 Å². The topological polar surface area (TPSA) is 67.4 Å². The number of nitriles is 1. The van der Waals surface area contributed by atoms with Gasteiger partial charge in [-0.05, 0) is 48.4 Å². The molecule has 5 nitrogen and oxygen atoms in total. The van der Waals surface area contributed by atoms with Crippen molar-refractivity contribution in [2.45, 2.75) is 6.92 Å². The smallest absolute Gasteiger partial charge is 0.164 e. The zero-order valence-corrected chi connectivity index (χ0v) is 25.1. The number of hydrogen-bond acceptors (Lipinski definition) is 4. The number of benzene rings is 6. The first kappa shape index (κ1) is 27.2. The van der Waals surface area contributed by atoms with Crippen LogP contribution >= 0.6 is 0 Å². The molecule has 0 spiro atoms. The Morgan fingerprint density at radius 1 is 0.500 bits per heavy atom. The van der Waals surface area contributed by atoms with Gasteiger partial charge in [0, 0.05) is 33.0 Å². The van der Waals surface area contributed by atoms with Gasteiger partial charge in [0.25, 0.3) is 0 Å². The van der Waals surface area contributed by atoms with Gasteiger partial charge in [-0.3, -0.25) is 0 Å². The normalized spacial score (nSPS) is 11.1. The predicted octanol–water partition coefficient (Wildman–Crippen LogP) is 9.82. The van der Waals surface area contributed by atoms with Crippen molar-refractivity contribution in [1.82, 2.24) is 19.5 Å². The third kappa shape index (κ3) is 4.79. The van der Waals surface area contributed by atoms with E-state index in [1.807, 2.05) is 84.9 Å². The van der Waals surface area contributed by atoms with Gasteiger partial charge in [-0.2, -0.15) is 5.26 Å². The summed E-state index contributed by atoms with van der Waals surface area (Å²) < 4.78 is 2.34. The molecule has 0 atom stereocenters. The lowest BCUT2D eigenvalue weighted by Crippen LogP contribution is -2.02. The first-order valence-electron chi connectivity index (χ1n) is 15.2. The largest absolute Gasteiger partial charge is 0.309 e. The second-order valence-electron chi connectivity index (χ2n) is 11.3. The molecule has 5 heteroatoms. The zero-order chi connectivity index (χ0) is 31.0. The summed E-state index contributed by atoms with van der Waals surface area (Å²) in [6.45, 7) is 2.13. The van der Waals surface area contributed by atoms with Gasteiger partial charge >= 0.3 is 0 Å². The number of para-hydroxylation sites is 1. The lowest BCUT2D eigenvalue weighted by atomic mass is 9.99. The van der Waals surface area contributed by atoms with Crippen LogP contribution in [0, 0.1) is 18.3 Å². The average molecular weight is 590 g/mol. The molecular weight excluding hydrogens is 562 g/mol. The van der Waals surface area contributed by atoms with Gasteiger partial charge in [-0.1, -0.05) is 115 Å². The van der Waals surface area contributed by atoms with Crippen LogP contribution in [-0.4, -0.2) is 19.5 Å². The van der Waals surface area contributed by atoms with E-state index in [-0.39, 0.29) is 0 Å². The summed E-state index contributed by atoms with van der Waals surface area (Å²) in [7, 11) is 0. The maximum Gasteiger partial charge on any atom is 0.164 e. The summed E-state index contributed by atoms with van der Waals surface area (Å²) in [5.41, 5.74) is 9.84. The quantitative estimate of drug-likeness (QED) is 0.200. The van der Waals surface area contributed by atoms with E-state index in [9.17, 15) is 5.26 Å². The van der Waals surface area contributed by atoms with Crippen LogP contribution in [0.25, 0.3) is 72.8 Å². The fraction of sp³-hybridized carbons (Fsp3) is 0.0244. The lowest BCUT2D eigenvalue weighted by Gasteiger charge is -2.16. The summed E-state index contributed by atoms with van der Waals surface area (Å²) in [6, 6.07) is 51.6. The van der Waals surface area contributed by atoms with Crippen LogP contribution < -0.4 is 0 Å². The fourth-order valence-electron chi connectivity index (χ4n) is 6.10. The Balaban J connectivity index is 1.42. The van der Waals surface area contributed by atoms with E-state index >= 15 is 0 Å². The Kier molecular flexibility index (Phi) is 6.67. The molecule has 2 aromatic heterocycles. The number of aryl methyl sites for hydroxylation is 1. The molecule has 0 saturated carbocycles. The van der Waals surface area contributed by atoms with E-state index < -0.39 is 0 Å². The van der Waals surface area contributed by atoms with Crippen molar-refractivity contribution in [1.29, 1.82) is 5.26 Å². The summed E-state index contributed by atoms with van der Waals surface area (Å²) >= 11 is 0. The number of rotatable bonds is 5. The molecule has 0 aliphatic carbocycles. The summed E-state index contributed by atoms with van der Waals surface area (Å²) in [5.74, 6) is 1.83. The molecule has 0 unspecified atom stereocenters. The standard InChI is InChI=1S/C41H27N5/c1-27-16-22-35-34-14-8-9-15-36(34)46(37(35)24-27)38-25-32(21-23-33(38)29-19-17-28(26-42)18-20-29)41-44-39(30-10-4-2-5-11-30)43-40(45-41)31-12-6-3-7-13-31/h2-25H,1H3. The minimum atomic E-state index is 0.595. The van der Waals surface area contributed by atoms with Gasteiger partial charge in [0.15, 0.2) is 17.5 Å². The number of fused-ring (bicyclic) bond motifs is 3. The second-order valence-corrected chi connectivity index (χ2v) is 11.3. The first-order chi connectivity index (χ1) is 22.7.